The number of nitrogens with zero attached hydrogens (tertiary/aromatic N) is 3. The van der Waals surface area contributed by atoms with E-state index in [1.807, 2.05) is 18.2 Å². The first-order valence-corrected chi connectivity index (χ1v) is 8.89. The summed E-state index contributed by atoms with van der Waals surface area (Å²) in [6.45, 7) is 0. The maximum absolute atomic E-state index is 12.5. The number of rotatable bonds is 7. The molecule has 0 amide bonds. The first-order valence-electron chi connectivity index (χ1n) is 8.51. The van der Waals surface area contributed by atoms with Gasteiger partial charge >= 0.3 is 0 Å². The molecule has 0 unspecified atom stereocenters. The Morgan fingerprint density at radius 1 is 1.03 bits per heavy atom. The van der Waals surface area contributed by atoms with E-state index in [1.54, 1.807) is 31.4 Å². The van der Waals surface area contributed by atoms with Gasteiger partial charge in [-0.1, -0.05) is 29.8 Å². The van der Waals surface area contributed by atoms with Gasteiger partial charge in [0.05, 0.1) is 39.4 Å². The van der Waals surface area contributed by atoms with Crippen molar-refractivity contribution in [2.45, 2.75) is 0 Å². The summed E-state index contributed by atoms with van der Waals surface area (Å²) in [5.41, 5.74) is 3.81. The summed E-state index contributed by atoms with van der Waals surface area (Å²) in [6.07, 6.45) is 2.94. The smallest absolute Gasteiger partial charge is 0.292 e. The number of nitrogens with one attached hydrogen (secondary N) is 1. The van der Waals surface area contributed by atoms with E-state index >= 15 is 0 Å². The zero-order valence-electron chi connectivity index (χ0n) is 16.0. The molecular formula is C20H19ClN4O4. The third-order valence-electron chi connectivity index (χ3n) is 4.04. The molecule has 0 aliphatic carbocycles. The number of para-hydroxylation sites is 1. The van der Waals surface area contributed by atoms with Crippen LogP contribution < -0.4 is 25.2 Å². The molecule has 1 aromatic heterocycles. The monoisotopic (exact) mass is 414 g/mol. The van der Waals surface area contributed by atoms with Crippen LogP contribution in [0.15, 0.2) is 58.6 Å². The number of aromatic nitrogens is 2. The lowest BCUT2D eigenvalue weighted by atomic mass is 10.2. The molecule has 1 heterocycles. The highest BCUT2D eigenvalue weighted by atomic mass is 35.5. The van der Waals surface area contributed by atoms with Gasteiger partial charge in [0.15, 0.2) is 11.5 Å². The lowest BCUT2D eigenvalue weighted by Gasteiger charge is -2.12. The highest BCUT2D eigenvalue weighted by Crippen LogP contribution is 2.33. The molecule has 0 spiro atoms. The van der Waals surface area contributed by atoms with Gasteiger partial charge in [-0.05, 0) is 18.2 Å². The number of ether oxygens (including phenoxy) is 3. The molecule has 2 aromatic carbocycles. The Kier molecular flexibility index (Phi) is 6.36. The molecule has 1 N–H and O–H groups in total. The van der Waals surface area contributed by atoms with Gasteiger partial charge < -0.3 is 14.2 Å². The van der Waals surface area contributed by atoms with Crippen molar-refractivity contribution in [2.24, 2.45) is 5.10 Å². The van der Waals surface area contributed by atoms with Gasteiger partial charge in [0.25, 0.3) is 5.56 Å². The second kappa shape index (κ2) is 9.11. The van der Waals surface area contributed by atoms with Gasteiger partial charge in [0, 0.05) is 11.6 Å². The summed E-state index contributed by atoms with van der Waals surface area (Å²) in [4.78, 5) is 12.5. The zero-order chi connectivity index (χ0) is 20.8. The lowest BCUT2D eigenvalue weighted by Crippen LogP contribution is -2.22. The summed E-state index contributed by atoms with van der Waals surface area (Å²) in [7, 11) is 4.62. The normalized spacial score (nSPS) is 10.8. The Morgan fingerprint density at radius 2 is 1.69 bits per heavy atom. The summed E-state index contributed by atoms with van der Waals surface area (Å²) < 4.78 is 17.1. The summed E-state index contributed by atoms with van der Waals surface area (Å²) in [6, 6.07) is 12.4. The van der Waals surface area contributed by atoms with E-state index in [2.05, 4.69) is 15.6 Å². The Bertz CT molecular complexity index is 1080. The Hall–Kier alpha value is -3.52. The van der Waals surface area contributed by atoms with Crippen molar-refractivity contribution in [3.8, 4) is 22.9 Å². The Morgan fingerprint density at radius 3 is 2.34 bits per heavy atom. The van der Waals surface area contributed by atoms with Gasteiger partial charge in [-0.2, -0.15) is 14.9 Å². The van der Waals surface area contributed by atoms with Crippen LogP contribution in [0.3, 0.4) is 0 Å². The van der Waals surface area contributed by atoms with Crippen LogP contribution in [0.4, 0.5) is 5.69 Å². The summed E-state index contributed by atoms with van der Waals surface area (Å²) >= 11 is 6.20. The fourth-order valence-corrected chi connectivity index (χ4v) is 2.76. The minimum absolute atomic E-state index is 0.0275. The molecule has 9 heteroatoms. The molecule has 3 rings (SSSR count). The van der Waals surface area contributed by atoms with Crippen molar-refractivity contribution in [1.82, 2.24) is 9.78 Å². The van der Waals surface area contributed by atoms with Crippen molar-refractivity contribution in [3.63, 3.8) is 0 Å². The van der Waals surface area contributed by atoms with Crippen molar-refractivity contribution in [2.75, 3.05) is 26.8 Å². The lowest BCUT2D eigenvalue weighted by molar-refractivity contribution is 0.349. The first kappa shape index (κ1) is 20.2. The van der Waals surface area contributed by atoms with E-state index in [4.69, 9.17) is 25.8 Å². The van der Waals surface area contributed by atoms with E-state index in [0.717, 1.165) is 0 Å². The molecule has 0 bridgehead atoms. The highest BCUT2D eigenvalue weighted by molar-refractivity contribution is 6.32. The molecular weight excluding hydrogens is 396 g/mol. The highest BCUT2D eigenvalue weighted by Gasteiger charge is 2.12. The Labute approximate surface area is 172 Å². The van der Waals surface area contributed by atoms with E-state index in [1.165, 1.54) is 31.3 Å². The van der Waals surface area contributed by atoms with Crippen molar-refractivity contribution >= 4 is 23.5 Å². The molecule has 0 saturated carbocycles. The maximum Gasteiger partial charge on any atom is 0.292 e. The van der Waals surface area contributed by atoms with E-state index < -0.39 is 5.56 Å². The number of benzene rings is 2. The molecule has 0 atom stereocenters. The maximum atomic E-state index is 12.5. The molecule has 150 valence electrons. The number of hydrogen-bond donors (Lipinski definition) is 1. The van der Waals surface area contributed by atoms with Crippen LogP contribution in [-0.2, 0) is 0 Å². The van der Waals surface area contributed by atoms with Crippen LogP contribution in [0.5, 0.6) is 17.2 Å². The van der Waals surface area contributed by atoms with Crippen molar-refractivity contribution < 1.29 is 14.2 Å². The quantitative estimate of drug-likeness (QED) is 0.471. The number of hydrazone groups is 1. The predicted octanol–water partition coefficient (Wildman–Crippen LogP) is 3.36. The average Bonchev–Trinajstić information content (AvgIpc) is 2.76. The van der Waals surface area contributed by atoms with E-state index in [9.17, 15) is 4.79 Å². The molecule has 0 aliphatic heterocycles. The minimum atomic E-state index is -0.457. The van der Waals surface area contributed by atoms with Crippen LogP contribution in [0.25, 0.3) is 5.69 Å². The second-order valence-electron chi connectivity index (χ2n) is 5.74. The second-order valence-corrected chi connectivity index (χ2v) is 6.12. The van der Waals surface area contributed by atoms with E-state index in [-0.39, 0.29) is 10.7 Å². The van der Waals surface area contributed by atoms with Crippen molar-refractivity contribution in [1.29, 1.82) is 0 Å². The van der Waals surface area contributed by atoms with Gasteiger partial charge in [0.2, 0.25) is 0 Å². The van der Waals surface area contributed by atoms with Crippen molar-refractivity contribution in [3.05, 3.63) is 69.6 Å². The summed E-state index contributed by atoms with van der Waals surface area (Å²) in [5.74, 6) is 1.60. The molecule has 0 aliphatic rings. The van der Waals surface area contributed by atoms with Gasteiger partial charge in [-0.25, -0.2) is 0 Å². The number of methoxy groups -OCH3 is 3. The largest absolute Gasteiger partial charge is 0.496 e. The fraction of sp³-hybridized carbons (Fsp3) is 0.150. The zero-order valence-corrected chi connectivity index (χ0v) is 16.8. The molecule has 0 radical (unpaired) electrons. The summed E-state index contributed by atoms with van der Waals surface area (Å²) in [5, 5.41) is 8.25. The van der Waals surface area contributed by atoms with Gasteiger partial charge in [-0.15, -0.1) is 0 Å². The minimum Gasteiger partial charge on any atom is -0.496 e. The SMILES string of the molecule is COc1cc(OC)c(OC)cc1/C=N/Nc1cnn(-c2ccccc2)c(=O)c1Cl. The number of hydrogen-bond acceptors (Lipinski definition) is 7. The Balaban J connectivity index is 1.86. The molecule has 3 aromatic rings. The first-order chi connectivity index (χ1) is 14.1. The van der Waals surface area contributed by atoms with Crippen LogP contribution in [0.2, 0.25) is 5.02 Å². The standard InChI is InChI=1S/C20H19ClN4O4/c1-27-16-10-18(29-3)17(28-2)9-13(16)11-22-24-15-12-23-25(20(26)19(15)21)14-7-5-4-6-8-14/h4-12,24H,1-3H3/b22-11+. The van der Waals surface area contributed by atoms with Gasteiger partial charge in [0.1, 0.15) is 16.5 Å². The average molecular weight is 415 g/mol. The third kappa shape index (κ3) is 4.33. The molecule has 0 fully saturated rings. The topological polar surface area (TPSA) is 87.0 Å². The van der Waals surface area contributed by atoms with Crippen LogP contribution in [0.1, 0.15) is 5.56 Å². The number of halogens is 1. The fourth-order valence-electron chi connectivity index (χ4n) is 2.59. The van der Waals surface area contributed by atoms with E-state index in [0.29, 0.717) is 28.5 Å². The molecule has 8 nitrogen and oxygen atoms in total. The van der Waals surface area contributed by atoms with Crippen LogP contribution in [0, 0.1) is 0 Å². The molecule has 0 saturated heterocycles. The third-order valence-corrected chi connectivity index (χ3v) is 4.41. The number of anilines is 1. The van der Waals surface area contributed by atoms with Gasteiger partial charge in [-0.3, -0.25) is 10.2 Å². The predicted molar refractivity (Wildman–Crippen MR) is 112 cm³/mol. The molecule has 29 heavy (non-hydrogen) atoms. The van der Waals surface area contributed by atoms with Crippen LogP contribution in [-0.4, -0.2) is 37.3 Å². The van der Waals surface area contributed by atoms with Crippen LogP contribution >= 0.6 is 11.6 Å².